The first-order chi connectivity index (χ1) is 15.0. The van der Waals surface area contributed by atoms with Crippen LogP contribution in [-0.4, -0.2) is 68.6 Å². The maximum Gasteiger partial charge on any atom is 0.251 e. The molecule has 1 fully saturated rings. The normalized spacial score (nSPS) is 14.4. The monoisotopic (exact) mass is 424 g/mol. The highest BCUT2D eigenvalue weighted by Crippen LogP contribution is 2.13. The number of carbonyl (C=O) groups excluding carboxylic acids is 2. The van der Waals surface area contributed by atoms with Gasteiger partial charge in [-0.25, -0.2) is 0 Å². The number of morpholine rings is 1. The maximum atomic E-state index is 12.5. The number of benzene rings is 2. The zero-order chi connectivity index (χ0) is 22.1. The van der Waals surface area contributed by atoms with E-state index in [1.165, 1.54) is 5.56 Å². The summed E-state index contributed by atoms with van der Waals surface area (Å²) in [6.07, 6.45) is 0. The number of likely N-dealkylation sites (N-methyl/N-ethyl adjacent to an activating group) is 1. The summed E-state index contributed by atoms with van der Waals surface area (Å²) in [5.74, 6) is -0.112. The number of hydrogen-bond acceptors (Lipinski definition) is 5. The van der Waals surface area contributed by atoms with E-state index in [2.05, 4.69) is 27.7 Å². The highest BCUT2D eigenvalue weighted by Gasteiger charge is 2.13. The molecule has 7 nitrogen and oxygen atoms in total. The first-order valence-electron chi connectivity index (χ1n) is 10.7. The van der Waals surface area contributed by atoms with E-state index in [1.54, 1.807) is 19.2 Å². The molecule has 31 heavy (non-hydrogen) atoms. The Kier molecular flexibility index (Phi) is 8.58. The number of nitrogens with one attached hydrogen (secondary N) is 2. The second kappa shape index (κ2) is 11.6. The molecule has 7 heteroatoms. The molecule has 0 atom stereocenters. The van der Waals surface area contributed by atoms with Gasteiger partial charge in [-0.15, -0.1) is 0 Å². The predicted octanol–water partition coefficient (Wildman–Crippen LogP) is 1.63. The van der Waals surface area contributed by atoms with E-state index in [9.17, 15) is 9.59 Å². The summed E-state index contributed by atoms with van der Waals surface area (Å²) in [4.78, 5) is 28.4. The van der Waals surface area contributed by atoms with E-state index >= 15 is 0 Å². The molecular formula is C24H32N4O3. The van der Waals surface area contributed by atoms with Gasteiger partial charge in [0.05, 0.1) is 19.8 Å². The van der Waals surface area contributed by atoms with Crippen LogP contribution in [0.2, 0.25) is 0 Å². The maximum absolute atomic E-state index is 12.5. The van der Waals surface area contributed by atoms with Crippen LogP contribution >= 0.6 is 0 Å². The fourth-order valence-electron chi connectivity index (χ4n) is 3.65. The lowest BCUT2D eigenvalue weighted by molar-refractivity contribution is -0.122. The van der Waals surface area contributed by atoms with Crippen LogP contribution in [0.4, 0.5) is 0 Å². The highest BCUT2D eigenvalue weighted by atomic mass is 16.5. The molecule has 2 N–H and O–H groups in total. The molecule has 1 heterocycles. The fourth-order valence-corrected chi connectivity index (χ4v) is 3.65. The Morgan fingerprint density at radius 2 is 1.71 bits per heavy atom. The van der Waals surface area contributed by atoms with Gasteiger partial charge in [-0.1, -0.05) is 36.4 Å². The largest absolute Gasteiger partial charge is 0.379 e. The van der Waals surface area contributed by atoms with Crippen molar-refractivity contribution >= 4 is 11.8 Å². The Balaban J connectivity index is 1.47. The van der Waals surface area contributed by atoms with Gasteiger partial charge in [0.15, 0.2) is 0 Å². The number of amides is 2. The van der Waals surface area contributed by atoms with Crippen molar-refractivity contribution in [1.29, 1.82) is 0 Å². The number of carbonyl (C=O) groups is 2. The Morgan fingerprint density at radius 1 is 1.03 bits per heavy atom. The summed E-state index contributed by atoms with van der Waals surface area (Å²) in [6.45, 7) is 5.78. The average Bonchev–Trinajstić information content (AvgIpc) is 2.79. The topological polar surface area (TPSA) is 73.9 Å². The minimum atomic E-state index is -0.104. The van der Waals surface area contributed by atoms with Gasteiger partial charge in [-0.3, -0.25) is 19.4 Å². The molecule has 0 saturated carbocycles. The molecule has 3 rings (SSSR count). The molecule has 2 aromatic rings. The predicted molar refractivity (Wildman–Crippen MR) is 121 cm³/mol. The second-order valence-electron chi connectivity index (χ2n) is 7.88. The zero-order valence-electron chi connectivity index (χ0n) is 18.4. The third-order valence-corrected chi connectivity index (χ3v) is 5.40. The molecule has 0 aromatic heterocycles. The van der Waals surface area contributed by atoms with Crippen LogP contribution in [0.25, 0.3) is 0 Å². The minimum absolute atomic E-state index is 0.00865. The molecule has 0 spiro atoms. The van der Waals surface area contributed by atoms with E-state index in [-0.39, 0.29) is 11.8 Å². The molecular weight excluding hydrogens is 392 g/mol. The van der Waals surface area contributed by atoms with E-state index in [1.807, 2.05) is 36.2 Å². The van der Waals surface area contributed by atoms with Gasteiger partial charge in [0.25, 0.3) is 5.91 Å². The van der Waals surface area contributed by atoms with Crippen molar-refractivity contribution in [1.82, 2.24) is 20.4 Å². The number of ether oxygens (including phenoxy) is 1. The Bertz CT molecular complexity index is 863. The summed E-state index contributed by atoms with van der Waals surface area (Å²) in [5.41, 5.74) is 4.07. The van der Waals surface area contributed by atoms with Crippen molar-refractivity contribution < 1.29 is 14.3 Å². The Labute approximate surface area is 184 Å². The molecule has 0 radical (unpaired) electrons. The van der Waals surface area contributed by atoms with Crippen molar-refractivity contribution in [2.75, 3.05) is 46.9 Å². The summed E-state index contributed by atoms with van der Waals surface area (Å²) in [6, 6.07) is 15.7. The van der Waals surface area contributed by atoms with Crippen LogP contribution in [0, 0.1) is 0 Å². The fraction of sp³-hybridized carbons (Fsp3) is 0.417. The quantitative estimate of drug-likeness (QED) is 0.640. The third kappa shape index (κ3) is 7.17. The van der Waals surface area contributed by atoms with Crippen LogP contribution in [0.1, 0.15) is 27.0 Å². The number of hydrogen-bond donors (Lipinski definition) is 2. The average molecular weight is 425 g/mol. The van der Waals surface area contributed by atoms with Gasteiger partial charge in [0.1, 0.15) is 0 Å². The molecule has 0 aliphatic carbocycles. The van der Waals surface area contributed by atoms with Gasteiger partial charge < -0.3 is 15.4 Å². The number of rotatable bonds is 9. The SMILES string of the molecule is CNC(=O)c1ccc(CN(C)CC(=O)NCc2ccccc2CN2CCOCC2)cc1. The van der Waals surface area contributed by atoms with Crippen molar-refractivity contribution in [3.8, 4) is 0 Å². The van der Waals surface area contributed by atoms with Gasteiger partial charge in [0.2, 0.25) is 5.91 Å². The third-order valence-electron chi connectivity index (χ3n) is 5.40. The van der Waals surface area contributed by atoms with E-state index < -0.39 is 0 Å². The first-order valence-corrected chi connectivity index (χ1v) is 10.7. The van der Waals surface area contributed by atoms with Crippen molar-refractivity contribution in [3.63, 3.8) is 0 Å². The summed E-state index contributed by atoms with van der Waals surface area (Å²) in [7, 11) is 3.53. The van der Waals surface area contributed by atoms with E-state index in [0.717, 1.165) is 44.0 Å². The molecule has 2 amide bonds. The second-order valence-corrected chi connectivity index (χ2v) is 7.88. The first kappa shape index (κ1) is 22.9. The van der Waals surface area contributed by atoms with Gasteiger partial charge >= 0.3 is 0 Å². The molecule has 0 bridgehead atoms. The summed E-state index contributed by atoms with van der Waals surface area (Å²) in [5, 5.41) is 5.66. The molecule has 1 aliphatic heterocycles. The summed E-state index contributed by atoms with van der Waals surface area (Å²) < 4.78 is 5.43. The molecule has 0 unspecified atom stereocenters. The lowest BCUT2D eigenvalue weighted by Gasteiger charge is -2.27. The van der Waals surface area contributed by atoms with E-state index in [4.69, 9.17) is 4.74 Å². The highest BCUT2D eigenvalue weighted by molar-refractivity contribution is 5.93. The van der Waals surface area contributed by atoms with Gasteiger partial charge in [0, 0.05) is 45.3 Å². The van der Waals surface area contributed by atoms with Gasteiger partial charge in [-0.2, -0.15) is 0 Å². The summed E-state index contributed by atoms with van der Waals surface area (Å²) >= 11 is 0. The minimum Gasteiger partial charge on any atom is -0.379 e. The lowest BCUT2D eigenvalue weighted by atomic mass is 10.1. The number of nitrogens with zero attached hydrogens (tertiary/aromatic N) is 2. The van der Waals surface area contributed by atoms with Crippen LogP contribution < -0.4 is 10.6 Å². The van der Waals surface area contributed by atoms with Crippen molar-refractivity contribution in [2.24, 2.45) is 0 Å². The van der Waals surface area contributed by atoms with Crippen LogP contribution in [0.5, 0.6) is 0 Å². The standard InChI is InChI=1S/C24H32N4O3/c1-25-24(30)20-9-7-19(8-10-20)16-27(2)18-23(29)26-15-21-5-3-4-6-22(21)17-28-11-13-31-14-12-28/h3-10H,11-18H2,1-2H3,(H,25,30)(H,26,29). The van der Waals surface area contributed by atoms with Crippen LogP contribution in [0.3, 0.4) is 0 Å². The molecule has 1 saturated heterocycles. The van der Waals surface area contributed by atoms with Crippen LogP contribution in [0.15, 0.2) is 48.5 Å². The van der Waals surface area contributed by atoms with Crippen molar-refractivity contribution in [3.05, 3.63) is 70.8 Å². The van der Waals surface area contributed by atoms with E-state index in [0.29, 0.717) is 25.2 Å². The van der Waals surface area contributed by atoms with Crippen molar-refractivity contribution in [2.45, 2.75) is 19.6 Å². The zero-order valence-corrected chi connectivity index (χ0v) is 18.4. The molecule has 1 aliphatic rings. The van der Waals surface area contributed by atoms with Crippen LogP contribution in [-0.2, 0) is 29.2 Å². The molecule has 166 valence electrons. The van der Waals surface area contributed by atoms with Gasteiger partial charge in [-0.05, 0) is 35.9 Å². The smallest absolute Gasteiger partial charge is 0.251 e. The lowest BCUT2D eigenvalue weighted by Crippen LogP contribution is -2.36. The Morgan fingerprint density at radius 3 is 2.39 bits per heavy atom. The Hall–Kier alpha value is -2.74. The molecule has 2 aromatic carbocycles.